The van der Waals surface area contributed by atoms with Crippen LogP contribution in [0.5, 0.6) is 0 Å². The lowest BCUT2D eigenvalue weighted by atomic mass is 10.0. The van der Waals surface area contributed by atoms with Crippen LogP contribution in [-0.2, 0) is 49.2 Å². The largest absolute Gasteiger partial charge is 0.459 e. The number of halogens is 6. The van der Waals surface area contributed by atoms with Gasteiger partial charge in [0.1, 0.15) is 13.2 Å². The Balaban J connectivity index is 1.96. The Kier molecular flexibility index (Phi) is 9.76. The summed E-state index contributed by atoms with van der Waals surface area (Å²) >= 11 is 0. The second-order valence-electron chi connectivity index (χ2n) is 9.04. The molecule has 2 aromatic carbocycles. The Morgan fingerprint density at radius 2 is 1.29 bits per heavy atom. The molecule has 0 heterocycles. The standard InChI is InChI=1S/C25H25F6NO6/c1-23(2,3)32(13-21(34)36-14-16-7-5-4-6-8-16)22(35)38-15-37-20(33)11-17-9-18(24(26,27)28)12-19(10-17)25(29,30)31/h4-10,12H,11,13-15H2,1-3H3. The molecule has 0 atom stereocenters. The number of rotatable bonds is 8. The van der Waals surface area contributed by atoms with Crippen LogP contribution in [0.15, 0.2) is 48.5 Å². The molecule has 38 heavy (non-hydrogen) atoms. The first kappa shape index (κ1) is 30.5. The molecule has 13 heteroatoms. The predicted octanol–water partition coefficient (Wildman–Crippen LogP) is 5.75. The minimum Gasteiger partial charge on any atom is -0.459 e. The lowest BCUT2D eigenvalue weighted by Crippen LogP contribution is -2.49. The van der Waals surface area contributed by atoms with Crippen LogP contribution >= 0.6 is 0 Å². The molecule has 0 saturated heterocycles. The minimum absolute atomic E-state index is 0.0318. The zero-order valence-corrected chi connectivity index (χ0v) is 20.6. The highest BCUT2D eigenvalue weighted by Gasteiger charge is 2.37. The SMILES string of the molecule is CC(C)(C)N(CC(=O)OCc1ccccc1)C(=O)OCOC(=O)Cc1cc(C(F)(F)F)cc(C(F)(F)F)c1. The van der Waals surface area contributed by atoms with Crippen LogP contribution in [0, 0.1) is 0 Å². The van der Waals surface area contributed by atoms with Crippen molar-refractivity contribution in [2.45, 2.75) is 51.7 Å². The minimum atomic E-state index is -5.08. The van der Waals surface area contributed by atoms with E-state index in [4.69, 9.17) is 9.47 Å². The number of nitrogens with zero attached hydrogens (tertiary/aromatic N) is 1. The summed E-state index contributed by atoms with van der Waals surface area (Å²) in [5.41, 5.74) is -3.97. The van der Waals surface area contributed by atoms with Crippen molar-refractivity contribution in [1.82, 2.24) is 4.90 Å². The first-order valence-corrected chi connectivity index (χ1v) is 11.0. The van der Waals surface area contributed by atoms with Gasteiger partial charge in [-0.05, 0) is 50.1 Å². The van der Waals surface area contributed by atoms with Crippen molar-refractivity contribution in [1.29, 1.82) is 0 Å². The van der Waals surface area contributed by atoms with Crippen molar-refractivity contribution in [2.75, 3.05) is 13.3 Å². The summed E-state index contributed by atoms with van der Waals surface area (Å²) in [4.78, 5) is 37.8. The smallest absolute Gasteiger partial charge is 0.416 e. The Labute approximate surface area is 214 Å². The van der Waals surface area contributed by atoms with Gasteiger partial charge in [-0.3, -0.25) is 14.5 Å². The molecule has 0 saturated carbocycles. The summed E-state index contributed by atoms with van der Waals surface area (Å²) in [5.74, 6) is -1.99. The third-order valence-electron chi connectivity index (χ3n) is 4.96. The molecule has 208 valence electrons. The molecular weight excluding hydrogens is 524 g/mol. The van der Waals surface area contributed by atoms with E-state index in [0.29, 0.717) is 12.1 Å². The highest BCUT2D eigenvalue weighted by atomic mass is 19.4. The van der Waals surface area contributed by atoms with E-state index in [1.54, 1.807) is 51.1 Å². The van der Waals surface area contributed by atoms with E-state index >= 15 is 0 Å². The van der Waals surface area contributed by atoms with Crippen molar-refractivity contribution in [2.24, 2.45) is 0 Å². The molecule has 0 aliphatic rings. The van der Waals surface area contributed by atoms with E-state index in [-0.39, 0.29) is 12.7 Å². The van der Waals surface area contributed by atoms with Gasteiger partial charge < -0.3 is 14.2 Å². The number of carbonyl (C=O) groups is 3. The molecule has 0 unspecified atom stereocenters. The Bertz CT molecular complexity index is 1090. The Hall–Kier alpha value is -3.77. The molecule has 0 bridgehead atoms. The zero-order chi connectivity index (χ0) is 28.7. The topological polar surface area (TPSA) is 82.1 Å². The second kappa shape index (κ2) is 12.2. The molecule has 0 aromatic heterocycles. The summed E-state index contributed by atoms with van der Waals surface area (Å²) in [5, 5.41) is 0. The fraction of sp³-hybridized carbons (Fsp3) is 0.400. The van der Waals surface area contributed by atoms with E-state index in [1.165, 1.54) is 0 Å². The van der Waals surface area contributed by atoms with E-state index in [0.717, 1.165) is 10.5 Å². The summed E-state index contributed by atoms with van der Waals surface area (Å²) in [6, 6.07) is 9.49. The number of carbonyl (C=O) groups excluding carboxylic acids is 3. The van der Waals surface area contributed by atoms with Crippen molar-refractivity contribution < 1.29 is 54.9 Å². The van der Waals surface area contributed by atoms with E-state index < -0.39 is 72.4 Å². The third-order valence-corrected chi connectivity index (χ3v) is 4.96. The number of esters is 2. The van der Waals surface area contributed by atoms with Crippen LogP contribution in [0.1, 0.15) is 43.0 Å². The van der Waals surface area contributed by atoms with Crippen LogP contribution in [0.4, 0.5) is 31.1 Å². The maximum absolute atomic E-state index is 13.0. The van der Waals surface area contributed by atoms with Crippen LogP contribution in [-0.4, -0.2) is 41.8 Å². The number of hydrogen-bond donors (Lipinski definition) is 0. The Morgan fingerprint density at radius 1 is 0.737 bits per heavy atom. The quantitative estimate of drug-likeness (QED) is 0.237. The highest BCUT2D eigenvalue weighted by Crippen LogP contribution is 2.36. The van der Waals surface area contributed by atoms with Gasteiger partial charge in [0, 0.05) is 5.54 Å². The fourth-order valence-electron chi connectivity index (χ4n) is 3.05. The van der Waals surface area contributed by atoms with Gasteiger partial charge >= 0.3 is 30.4 Å². The first-order chi connectivity index (χ1) is 17.5. The van der Waals surface area contributed by atoms with E-state index in [2.05, 4.69) is 4.74 Å². The van der Waals surface area contributed by atoms with Gasteiger partial charge in [0.05, 0.1) is 17.5 Å². The first-order valence-electron chi connectivity index (χ1n) is 11.0. The van der Waals surface area contributed by atoms with Crippen molar-refractivity contribution in [3.63, 3.8) is 0 Å². The molecule has 0 N–H and O–H groups in total. The fourth-order valence-corrected chi connectivity index (χ4v) is 3.05. The molecule has 0 aliphatic carbocycles. The molecule has 1 amide bonds. The van der Waals surface area contributed by atoms with Crippen molar-refractivity contribution in [3.8, 4) is 0 Å². The van der Waals surface area contributed by atoms with E-state index in [1.807, 2.05) is 0 Å². The molecule has 2 rings (SSSR count). The molecule has 7 nitrogen and oxygen atoms in total. The number of alkyl halides is 6. The maximum atomic E-state index is 13.0. The van der Waals surface area contributed by atoms with Gasteiger partial charge in [-0.2, -0.15) is 26.3 Å². The normalized spacial score (nSPS) is 12.0. The molecule has 0 spiro atoms. The van der Waals surface area contributed by atoms with Crippen LogP contribution in [0.3, 0.4) is 0 Å². The van der Waals surface area contributed by atoms with Gasteiger partial charge in [-0.15, -0.1) is 0 Å². The summed E-state index contributed by atoms with van der Waals surface area (Å²) in [6.45, 7) is 3.25. The number of hydrogen-bond acceptors (Lipinski definition) is 6. The summed E-state index contributed by atoms with van der Waals surface area (Å²) < 4.78 is 92.5. The van der Waals surface area contributed by atoms with Crippen LogP contribution < -0.4 is 0 Å². The van der Waals surface area contributed by atoms with Gasteiger partial charge in [0.15, 0.2) is 0 Å². The summed E-state index contributed by atoms with van der Waals surface area (Å²) in [7, 11) is 0. The zero-order valence-electron chi connectivity index (χ0n) is 20.6. The predicted molar refractivity (Wildman–Crippen MR) is 120 cm³/mol. The van der Waals surface area contributed by atoms with Gasteiger partial charge in [-0.1, -0.05) is 30.3 Å². The molecule has 2 aromatic rings. The summed E-state index contributed by atoms with van der Waals surface area (Å²) in [6.07, 6.45) is -12.2. The lowest BCUT2D eigenvalue weighted by molar-refractivity contribution is -0.154. The Morgan fingerprint density at radius 3 is 1.79 bits per heavy atom. The maximum Gasteiger partial charge on any atom is 0.416 e. The van der Waals surface area contributed by atoms with Crippen molar-refractivity contribution in [3.05, 3.63) is 70.8 Å². The third kappa shape index (κ3) is 9.60. The van der Waals surface area contributed by atoms with E-state index in [9.17, 15) is 40.7 Å². The monoisotopic (exact) mass is 549 g/mol. The second-order valence-corrected chi connectivity index (χ2v) is 9.04. The van der Waals surface area contributed by atoms with Crippen molar-refractivity contribution >= 4 is 18.0 Å². The number of benzene rings is 2. The average molecular weight is 549 g/mol. The molecule has 0 fully saturated rings. The molecular formula is C25H25F6NO6. The highest BCUT2D eigenvalue weighted by molar-refractivity contribution is 5.79. The lowest BCUT2D eigenvalue weighted by Gasteiger charge is -2.33. The molecule has 0 radical (unpaired) electrons. The van der Waals surface area contributed by atoms with Crippen LogP contribution in [0.2, 0.25) is 0 Å². The van der Waals surface area contributed by atoms with Gasteiger partial charge in [0.25, 0.3) is 0 Å². The number of ether oxygens (including phenoxy) is 3. The van der Waals surface area contributed by atoms with Gasteiger partial charge in [0.2, 0.25) is 6.79 Å². The average Bonchev–Trinajstić information content (AvgIpc) is 2.79. The van der Waals surface area contributed by atoms with Gasteiger partial charge in [-0.25, -0.2) is 4.79 Å². The number of amides is 1. The van der Waals surface area contributed by atoms with Crippen LogP contribution in [0.25, 0.3) is 0 Å². The molecule has 0 aliphatic heterocycles.